The van der Waals surface area contributed by atoms with Crippen molar-refractivity contribution < 1.29 is 17.9 Å². The second-order valence-corrected chi connectivity index (χ2v) is 7.09. The quantitative estimate of drug-likeness (QED) is 0.856. The summed E-state index contributed by atoms with van der Waals surface area (Å²) in [6, 6.07) is 6.40. The third kappa shape index (κ3) is 3.49. The smallest absolute Gasteiger partial charge is 0.244 e. The number of hydrogen-bond donors (Lipinski definition) is 1. The Morgan fingerprint density at radius 1 is 1.45 bits per heavy atom. The summed E-state index contributed by atoms with van der Waals surface area (Å²) < 4.78 is 27.7. The number of nitrogens with zero attached hydrogens (tertiary/aromatic N) is 1. The molecule has 0 aliphatic carbocycles. The van der Waals surface area contributed by atoms with Crippen LogP contribution in [-0.2, 0) is 14.6 Å². The van der Waals surface area contributed by atoms with E-state index in [0.717, 1.165) is 6.26 Å². The summed E-state index contributed by atoms with van der Waals surface area (Å²) in [5, 5.41) is 0. The van der Waals surface area contributed by atoms with E-state index < -0.39 is 15.9 Å². The fourth-order valence-electron chi connectivity index (χ4n) is 2.06. The molecule has 1 aliphatic heterocycles. The summed E-state index contributed by atoms with van der Waals surface area (Å²) in [5.41, 5.74) is 6.50. The average molecular weight is 298 g/mol. The molecule has 1 aromatic rings. The first-order valence-electron chi connectivity index (χ1n) is 6.35. The number of carbonyl (C=O) groups excluding carboxylic acids is 1. The minimum atomic E-state index is -3.12. The molecule has 6 nitrogen and oxygen atoms in total. The van der Waals surface area contributed by atoms with Gasteiger partial charge in [0.1, 0.15) is 22.2 Å². The highest BCUT2D eigenvalue weighted by Crippen LogP contribution is 2.31. The SMILES string of the molecule is CS(=O)(=O)CCC(N)C(=O)N1CCOc2ccccc21. The fraction of sp³-hybridized carbons (Fsp3) is 0.462. The Balaban J connectivity index is 2.10. The van der Waals surface area contributed by atoms with Crippen molar-refractivity contribution in [2.75, 3.05) is 30.1 Å². The van der Waals surface area contributed by atoms with E-state index in [0.29, 0.717) is 24.6 Å². The fourth-order valence-corrected chi connectivity index (χ4v) is 2.75. The zero-order valence-corrected chi connectivity index (χ0v) is 12.1. The molecule has 1 aliphatic rings. The molecular formula is C13H18N2O4S. The number of rotatable bonds is 4. The Morgan fingerprint density at radius 2 is 2.15 bits per heavy atom. The van der Waals surface area contributed by atoms with E-state index in [-0.39, 0.29) is 18.1 Å². The predicted molar refractivity (Wildman–Crippen MR) is 76.6 cm³/mol. The summed E-state index contributed by atoms with van der Waals surface area (Å²) in [6.07, 6.45) is 1.26. The summed E-state index contributed by atoms with van der Waals surface area (Å²) in [6.45, 7) is 0.823. The van der Waals surface area contributed by atoms with Crippen LogP contribution in [-0.4, -0.2) is 45.5 Å². The third-order valence-corrected chi connectivity index (χ3v) is 4.09. The van der Waals surface area contributed by atoms with Crippen LogP contribution >= 0.6 is 0 Å². The van der Waals surface area contributed by atoms with E-state index in [9.17, 15) is 13.2 Å². The first kappa shape index (κ1) is 14.8. The van der Waals surface area contributed by atoms with Gasteiger partial charge in [-0.3, -0.25) is 4.79 Å². The Labute approximate surface area is 118 Å². The van der Waals surface area contributed by atoms with Gasteiger partial charge in [0.15, 0.2) is 0 Å². The number of amides is 1. The van der Waals surface area contributed by atoms with Gasteiger partial charge in [0.05, 0.1) is 24.0 Å². The lowest BCUT2D eigenvalue weighted by Gasteiger charge is -2.31. The molecule has 0 saturated heterocycles. The molecule has 0 saturated carbocycles. The summed E-state index contributed by atoms with van der Waals surface area (Å²) in [5.74, 6) is 0.276. The minimum absolute atomic E-state index is 0.0914. The third-order valence-electron chi connectivity index (χ3n) is 3.11. The number of para-hydroxylation sites is 2. The van der Waals surface area contributed by atoms with Crippen molar-refractivity contribution in [1.29, 1.82) is 0 Å². The van der Waals surface area contributed by atoms with Gasteiger partial charge in [-0.05, 0) is 18.6 Å². The first-order valence-corrected chi connectivity index (χ1v) is 8.41. The molecule has 2 rings (SSSR count). The van der Waals surface area contributed by atoms with Gasteiger partial charge >= 0.3 is 0 Å². The zero-order valence-electron chi connectivity index (χ0n) is 11.3. The molecule has 0 spiro atoms. The molecule has 0 fully saturated rings. The van der Waals surface area contributed by atoms with Crippen LogP contribution in [0.25, 0.3) is 0 Å². The highest BCUT2D eigenvalue weighted by atomic mass is 32.2. The topological polar surface area (TPSA) is 89.7 Å². The Bertz CT molecular complexity index is 600. The van der Waals surface area contributed by atoms with E-state index in [2.05, 4.69) is 0 Å². The molecule has 0 aromatic heterocycles. The summed E-state index contributed by atoms with van der Waals surface area (Å²) >= 11 is 0. The van der Waals surface area contributed by atoms with E-state index in [1.54, 1.807) is 17.0 Å². The Morgan fingerprint density at radius 3 is 2.85 bits per heavy atom. The molecule has 1 atom stereocenters. The molecule has 7 heteroatoms. The van der Waals surface area contributed by atoms with Crippen molar-refractivity contribution in [3.63, 3.8) is 0 Å². The summed E-state index contributed by atoms with van der Waals surface area (Å²) in [4.78, 5) is 13.9. The number of ether oxygens (including phenoxy) is 1. The number of anilines is 1. The molecular weight excluding hydrogens is 280 g/mol. The van der Waals surface area contributed by atoms with Gasteiger partial charge in [-0.2, -0.15) is 0 Å². The lowest BCUT2D eigenvalue weighted by atomic mass is 10.1. The van der Waals surface area contributed by atoms with Gasteiger partial charge < -0.3 is 15.4 Å². The maximum Gasteiger partial charge on any atom is 0.244 e. The Kier molecular flexibility index (Phi) is 4.29. The van der Waals surface area contributed by atoms with Crippen molar-refractivity contribution in [3.05, 3.63) is 24.3 Å². The maximum absolute atomic E-state index is 12.3. The number of carbonyl (C=O) groups is 1. The largest absolute Gasteiger partial charge is 0.490 e. The second-order valence-electron chi connectivity index (χ2n) is 4.83. The molecule has 1 unspecified atom stereocenters. The molecule has 2 N–H and O–H groups in total. The highest BCUT2D eigenvalue weighted by molar-refractivity contribution is 7.90. The van der Waals surface area contributed by atoms with Crippen molar-refractivity contribution in [2.24, 2.45) is 5.73 Å². The van der Waals surface area contributed by atoms with Crippen molar-refractivity contribution in [2.45, 2.75) is 12.5 Å². The molecule has 1 amide bonds. The molecule has 0 radical (unpaired) electrons. The van der Waals surface area contributed by atoms with Crippen LogP contribution in [0.4, 0.5) is 5.69 Å². The highest BCUT2D eigenvalue weighted by Gasteiger charge is 2.27. The van der Waals surface area contributed by atoms with Gasteiger partial charge in [-0.15, -0.1) is 0 Å². The van der Waals surface area contributed by atoms with Crippen LogP contribution in [0.15, 0.2) is 24.3 Å². The lowest BCUT2D eigenvalue weighted by molar-refractivity contribution is -0.120. The Hall–Kier alpha value is -1.60. The van der Waals surface area contributed by atoms with Crippen LogP contribution in [0.1, 0.15) is 6.42 Å². The van der Waals surface area contributed by atoms with Gasteiger partial charge in [0, 0.05) is 6.26 Å². The van der Waals surface area contributed by atoms with Crippen molar-refractivity contribution in [3.8, 4) is 5.75 Å². The molecule has 0 bridgehead atoms. The van der Waals surface area contributed by atoms with Crippen LogP contribution < -0.4 is 15.4 Å². The zero-order chi connectivity index (χ0) is 14.8. The van der Waals surface area contributed by atoms with E-state index in [1.807, 2.05) is 12.1 Å². The van der Waals surface area contributed by atoms with E-state index in [4.69, 9.17) is 10.5 Å². The van der Waals surface area contributed by atoms with E-state index in [1.165, 1.54) is 0 Å². The lowest BCUT2D eigenvalue weighted by Crippen LogP contribution is -2.47. The van der Waals surface area contributed by atoms with Gasteiger partial charge in [-0.1, -0.05) is 12.1 Å². The standard InChI is InChI=1S/C13H18N2O4S/c1-20(17,18)9-6-10(14)13(16)15-7-8-19-12-5-3-2-4-11(12)15/h2-5,10H,6-9,14H2,1H3. The number of sulfone groups is 1. The van der Waals surface area contributed by atoms with Crippen LogP contribution in [0, 0.1) is 0 Å². The van der Waals surface area contributed by atoms with Crippen molar-refractivity contribution in [1.82, 2.24) is 0 Å². The maximum atomic E-state index is 12.3. The van der Waals surface area contributed by atoms with Gasteiger partial charge in [-0.25, -0.2) is 8.42 Å². The van der Waals surface area contributed by atoms with Crippen LogP contribution in [0.2, 0.25) is 0 Å². The molecule has 1 aromatic carbocycles. The van der Waals surface area contributed by atoms with Gasteiger partial charge in [0.2, 0.25) is 5.91 Å². The number of hydrogen-bond acceptors (Lipinski definition) is 5. The normalized spacial score (nSPS) is 16.2. The molecule has 110 valence electrons. The first-order chi connectivity index (χ1) is 9.38. The monoisotopic (exact) mass is 298 g/mol. The second kappa shape index (κ2) is 5.80. The van der Waals surface area contributed by atoms with Crippen LogP contribution in [0.5, 0.6) is 5.75 Å². The predicted octanol–water partition coefficient (Wildman–Crippen LogP) is 0.174. The number of nitrogens with two attached hydrogens (primary N) is 1. The van der Waals surface area contributed by atoms with Crippen molar-refractivity contribution >= 4 is 21.4 Å². The number of benzene rings is 1. The van der Waals surface area contributed by atoms with E-state index >= 15 is 0 Å². The minimum Gasteiger partial charge on any atom is -0.490 e. The number of fused-ring (bicyclic) bond motifs is 1. The molecule has 1 heterocycles. The van der Waals surface area contributed by atoms with Crippen LogP contribution in [0.3, 0.4) is 0 Å². The average Bonchev–Trinajstić information content (AvgIpc) is 2.42. The molecule has 20 heavy (non-hydrogen) atoms. The summed E-state index contributed by atoms with van der Waals surface area (Å²) in [7, 11) is -3.12. The van der Waals surface area contributed by atoms with Gasteiger partial charge in [0.25, 0.3) is 0 Å².